The number of anilines is 6. The van der Waals surface area contributed by atoms with Crippen molar-refractivity contribution in [2.24, 2.45) is 7.05 Å². The quantitative estimate of drug-likeness (QED) is 0.124. The van der Waals surface area contributed by atoms with Crippen LogP contribution in [0.3, 0.4) is 0 Å². The monoisotopic (exact) mass is 758 g/mol. The number of hydrogen-bond donors (Lipinski definition) is 1. The summed E-state index contributed by atoms with van der Waals surface area (Å²) >= 11 is 0. The maximum Gasteiger partial charge on any atom is 0.140 e. The second kappa shape index (κ2) is 14.2. The molecule has 2 aromatic heterocycles. The number of aryl methyl sites for hydroxylation is 1. The van der Waals surface area contributed by atoms with Crippen molar-refractivity contribution in [3.8, 4) is 22.8 Å². The molecular formula is C53H38N6. The molecule has 1 N–H and O–H groups in total. The Morgan fingerprint density at radius 3 is 1.32 bits per heavy atom. The molecule has 11 rings (SSSR count). The van der Waals surface area contributed by atoms with Gasteiger partial charge < -0.3 is 19.4 Å². The Morgan fingerprint density at radius 2 is 0.814 bits per heavy atom. The molecule has 0 amide bonds. The number of benzene rings is 9. The van der Waals surface area contributed by atoms with Crippen molar-refractivity contribution in [1.29, 1.82) is 0 Å². The lowest BCUT2D eigenvalue weighted by molar-refractivity contribution is 0.959. The number of aromatic nitrogens is 4. The summed E-state index contributed by atoms with van der Waals surface area (Å²) < 4.78 is 2.17. The van der Waals surface area contributed by atoms with E-state index in [-0.39, 0.29) is 0 Å². The predicted octanol–water partition coefficient (Wildman–Crippen LogP) is 14.0. The first-order chi connectivity index (χ1) is 29.2. The van der Waals surface area contributed by atoms with Gasteiger partial charge in [0.25, 0.3) is 0 Å². The van der Waals surface area contributed by atoms with Gasteiger partial charge in [-0.15, -0.1) is 0 Å². The highest BCUT2D eigenvalue weighted by Gasteiger charge is 2.25. The average molecular weight is 759 g/mol. The van der Waals surface area contributed by atoms with Crippen molar-refractivity contribution in [2.75, 3.05) is 9.80 Å². The van der Waals surface area contributed by atoms with Crippen molar-refractivity contribution in [3.63, 3.8) is 0 Å². The van der Waals surface area contributed by atoms with Gasteiger partial charge in [-0.1, -0.05) is 109 Å². The second-order valence-corrected chi connectivity index (χ2v) is 14.8. The molecule has 0 radical (unpaired) electrons. The van der Waals surface area contributed by atoms with E-state index in [0.717, 1.165) is 101 Å². The van der Waals surface area contributed by atoms with Gasteiger partial charge >= 0.3 is 0 Å². The first-order valence-electron chi connectivity index (χ1n) is 19.9. The fraction of sp³-hybridized carbons (Fsp3) is 0.0189. The highest BCUT2D eigenvalue weighted by Crippen LogP contribution is 2.51. The van der Waals surface area contributed by atoms with E-state index in [9.17, 15) is 0 Å². The van der Waals surface area contributed by atoms with Crippen LogP contribution in [0, 0.1) is 0 Å². The Kier molecular flexibility index (Phi) is 8.26. The molecule has 0 spiro atoms. The van der Waals surface area contributed by atoms with Crippen molar-refractivity contribution in [2.45, 2.75) is 0 Å². The maximum atomic E-state index is 5.02. The Balaban J connectivity index is 1.14. The topological polar surface area (TPSA) is 53.0 Å². The van der Waals surface area contributed by atoms with E-state index in [1.54, 1.807) is 0 Å². The molecule has 0 bridgehead atoms. The number of para-hydroxylation sites is 6. The number of rotatable bonds is 8. The van der Waals surface area contributed by atoms with Gasteiger partial charge in [-0.25, -0.2) is 9.97 Å². The van der Waals surface area contributed by atoms with Gasteiger partial charge in [0.2, 0.25) is 0 Å². The van der Waals surface area contributed by atoms with Gasteiger partial charge in [-0.3, -0.25) is 0 Å². The van der Waals surface area contributed by atoms with Crippen molar-refractivity contribution >= 4 is 77.7 Å². The van der Waals surface area contributed by atoms with E-state index in [1.807, 2.05) is 24.3 Å². The molecular weight excluding hydrogens is 721 g/mol. The Hall–Kier alpha value is -7.96. The largest absolute Gasteiger partial charge is 0.338 e. The summed E-state index contributed by atoms with van der Waals surface area (Å²) in [6.07, 6.45) is 0. The summed E-state index contributed by atoms with van der Waals surface area (Å²) in [5, 5.41) is 4.57. The molecule has 2 heterocycles. The number of aromatic amines is 1. The zero-order chi connectivity index (χ0) is 39.3. The normalized spacial score (nSPS) is 11.5. The molecule has 280 valence electrons. The molecule has 0 aliphatic carbocycles. The molecule has 0 saturated carbocycles. The van der Waals surface area contributed by atoms with Crippen LogP contribution < -0.4 is 9.80 Å². The molecule has 6 nitrogen and oxygen atoms in total. The molecule has 0 aliphatic heterocycles. The van der Waals surface area contributed by atoms with Crippen LogP contribution in [0.4, 0.5) is 34.1 Å². The van der Waals surface area contributed by atoms with E-state index in [0.29, 0.717) is 0 Å². The Labute approximate surface area is 341 Å². The van der Waals surface area contributed by atoms with Gasteiger partial charge in [0.05, 0.1) is 33.4 Å². The molecule has 0 aliphatic rings. The van der Waals surface area contributed by atoms with Crippen LogP contribution in [0.1, 0.15) is 0 Å². The van der Waals surface area contributed by atoms with Gasteiger partial charge in [0.1, 0.15) is 11.6 Å². The fourth-order valence-electron chi connectivity index (χ4n) is 8.55. The third kappa shape index (κ3) is 5.89. The number of H-pyrrole nitrogens is 1. The van der Waals surface area contributed by atoms with Gasteiger partial charge in [0.15, 0.2) is 0 Å². The summed E-state index contributed by atoms with van der Waals surface area (Å²) in [5.74, 6) is 1.78. The fourth-order valence-corrected chi connectivity index (χ4v) is 8.55. The third-order valence-corrected chi connectivity index (χ3v) is 11.3. The molecule has 0 saturated heterocycles. The number of fused-ring (bicyclic) bond motifs is 4. The van der Waals surface area contributed by atoms with Gasteiger partial charge in [-0.2, -0.15) is 0 Å². The summed E-state index contributed by atoms with van der Waals surface area (Å²) in [6.45, 7) is 0. The first kappa shape index (κ1) is 34.3. The van der Waals surface area contributed by atoms with E-state index < -0.39 is 0 Å². The summed E-state index contributed by atoms with van der Waals surface area (Å²) in [4.78, 5) is 18.3. The lowest BCUT2D eigenvalue weighted by Gasteiger charge is -2.33. The van der Waals surface area contributed by atoms with Crippen molar-refractivity contribution in [3.05, 3.63) is 206 Å². The lowest BCUT2D eigenvalue weighted by atomic mass is 9.95. The average Bonchev–Trinajstić information content (AvgIpc) is 3.89. The molecule has 6 heteroatoms. The smallest absolute Gasteiger partial charge is 0.140 e. The van der Waals surface area contributed by atoms with E-state index in [1.165, 1.54) is 0 Å². The number of nitrogens with zero attached hydrogens (tertiary/aromatic N) is 5. The van der Waals surface area contributed by atoms with Gasteiger partial charge in [0, 0.05) is 62.5 Å². The molecule has 59 heavy (non-hydrogen) atoms. The number of nitrogens with one attached hydrogen (secondary N) is 1. The number of imidazole rings is 2. The Bertz CT molecular complexity index is 3150. The molecule has 9 aromatic carbocycles. The first-order valence-corrected chi connectivity index (χ1v) is 19.9. The molecule has 0 fully saturated rings. The second-order valence-electron chi connectivity index (χ2n) is 14.8. The van der Waals surface area contributed by atoms with Crippen LogP contribution in [-0.2, 0) is 7.05 Å². The highest BCUT2D eigenvalue weighted by atomic mass is 15.2. The molecule has 11 aromatic rings. The standard InChI is InChI=1S/C53H38N6/c1-57-49-27-15-14-26-48(49)56-53(57)37-30-34-41(35-31-37)59(40-32-28-36(29-33-40)52-54-46-24-12-13-25-47(46)55-52)51-44-22-10-8-20-42(44)50(43-21-9-11-23-45(43)51)58(38-16-4-2-5-17-38)39-18-6-3-7-19-39/h2-35H,1H3,(H,54,55). The molecule has 0 unspecified atom stereocenters. The predicted molar refractivity (Wildman–Crippen MR) is 246 cm³/mol. The van der Waals surface area contributed by atoms with Crippen LogP contribution >= 0.6 is 0 Å². The van der Waals surface area contributed by atoms with Gasteiger partial charge in [-0.05, 0) is 97.1 Å². The van der Waals surface area contributed by atoms with Crippen LogP contribution in [-0.4, -0.2) is 19.5 Å². The van der Waals surface area contributed by atoms with E-state index in [4.69, 9.17) is 9.97 Å². The minimum absolute atomic E-state index is 0.846. The van der Waals surface area contributed by atoms with Crippen molar-refractivity contribution < 1.29 is 0 Å². The maximum absolute atomic E-state index is 5.02. The third-order valence-electron chi connectivity index (χ3n) is 11.3. The van der Waals surface area contributed by atoms with Crippen LogP contribution in [0.15, 0.2) is 206 Å². The zero-order valence-electron chi connectivity index (χ0n) is 32.4. The van der Waals surface area contributed by atoms with Crippen LogP contribution in [0.5, 0.6) is 0 Å². The van der Waals surface area contributed by atoms with E-state index in [2.05, 4.69) is 208 Å². The van der Waals surface area contributed by atoms with Crippen LogP contribution in [0.2, 0.25) is 0 Å². The minimum Gasteiger partial charge on any atom is -0.338 e. The SMILES string of the molecule is Cn1c(-c2ccc(N(c3ccc(-c4nc5ccccc5[nH]4)cc3)c3c4ccccc4c(N(c4ccccc4)c4ccccc4)c4ccccc34)cc2)nc2ccccc21. The zero-order valence-corrected chi connectivity index (χ0v) is 32.4. The highest BCUT2D eigenvalue weighted by molar-refractivity contribution is 6.23. The van der Waals surface area contributed by atoms with E-state index >= 15 is 0 Å². The van der Waals surface area contributed by atoms with Crippen LogP contribution in [0.25, 0.3) is 66.4 Å². The van der Waals surface area contributed by atoms with Crippen molar-refractivity contribution in [1.82, 2.24) is 19.5 Å². The number of hydrogen-bond acceptors (Lipinski definition) is 4. The minimum atomic E-state index is 0.846. The summed E-state index contributed by atoms with van der Waals surface area (Å²) in [7, 11) is 2.09. The summed E-state index contributed by atoms with van der Waals surface area (Å²) in [6, 6.07) is 73.0. The summed E-state index contributed by atoms with van der Waals surface area (Å²) in [5.41, 5.74) is 12.6. The lowest BCUT2D eigenvalue weighted by Crippen LogP contribution is -2.14. The molecule has 0 atom stereocenters. The Morgan fingerprint density at radius 1 is 0.390 bits per heavy atom.